The van der Waals surface area contributed by atoms with Crippen molar-refractivity contribution in [3.8, 4) is 11.3 Å². The lowest BCUT2D eigenvalue weighted by atomic mass is 10.2. The second-order valence-corrected chi connectivity index (χ2v) is 8.63. The molecule has 1 aromatic heterocycles. The van der Waals surface area contributed by atoms with E-state index < -0.39 is 0 Å². The third kappa shape index (κ3) is 6.57. The van der Waals surface area contributed by atoms with Gasteiger partial charge in [-0.15, -0.1) is 12.4 Å². The number of carbonyl (C=O) groups excluding carboxylic acids is 2. The summed E-state index contributed by atoms with van der Waals surface area (Å²) in [5.74, 6) is 0.961. The number of urea groups is 1. The van der Waals surface area contributed by atoms with Gasteiger partial charge in [-0.3, -0.25) is 9.69 Å². The maximum atomic E-state index is 12.6. The van der Waals surface area contributed by atoms with E-state index in [1.165, 1.54) is 16.1 Å². The van der Waals surface area contributed by atoms with E-state index in [0.717, 1.165) is 51.1 Å². The average molecular weight is 494 g/mol. The molecule has 2 aliphatic heterocycles. The molecule has 0 spiro atoms. The van der Waals surface area contributed by atoms with E-state index in [0.29, 0.717) is 23.1 Å². The molecule has 0 bridgehead atoms. The van der Waals surface area contributed by atoms with E-state index in [-0.39, 0.29) is 30.9 Å². The molecule has 178 valence electrons. The molecule has 3 heterocycles. The van der Waals surface area contributed by atoms with Crippen LogP contribution in [0.25, 0.3) is 11.3 Å². The van der Waals surface area contributed by atoms with Gasteiger partial charge >= 0.3 is 6.03 Å². The van der Waals surface area contributed by atoms with Crippen LogP contribution in [0.2, 0.25) is 5.02 Å². The Labute approximate surface area is 205 Å². The fraction of sp³-hybridized carbons (Fsp3) is 0.435. The second kappa shape index (κ2) is 11.7. The molecule has 3 amide bonds. The summed E-state index contributed by atoms with van der Waals surface area (Å²) in [6.45, 7) is 5.72. The fourth-order valence-electron chi connectivity index (χ4n) is 3.83. The number of benzene rings is 1. The fourth-order valence-corrected chi connectivity index (χ4v) is 3.96. The maximum absolute atomic E-state index is 12.6. The smallest absolute Gasteiger partial charge is 0.347 e. The molecule has 2 aromatic rings. The molecular formula is C23H29Cl2N5O3. The van der Waals surface area contributed by atoms with Gasteiger partial charge in [0, 0.05) is 43.3 Å². The quantitative estimate of drug-likeness (QED) is 0.318. The monoisotopic (exact) mass is 493 g/mol. The van der Waals surface area contributed by atoms with E-state index in [1.54, 1.807) is 18.2 Å². The zero-order valence-electron chi connectivity index (χ0n) is 18.7. The van der Waals surface area contributed by atoms with Crippen LogP contribution >= 0.6 is 24.0 Å². The lowest BCUT2D eigenvalue weighted by Gasteiger charge is -2.32. The summed E-state index contributed by atoms with van der Waals surface area (Å²) in [6, 6.07) is 10.5. The normalized spacial score (nSPS) is 17.9. The van der Waals surface area contributed by atoms with Gasteiger partial charge in [0.05, 0.1) is 6.21 Å². The Morgan fingerprint density at radius 1 is 1.00 bits per heavy atom. The molecule has 1 aromatic carbocycles. The van der Waals surface area contributed by atoms with Gasteiger partial charge < -0.3 is 14.2 Å². The summed E-state index contributed by atoms with van der Waals surface area (Å²) in [7, 11) is 2.14. The van der Waals surface area contributed by atoms with Crippen LogP contribution in [0.5, 0.6) is 0 Å². The molecule has 33 heavy (non-hydrogen) atoms. The standard InChI is InChI=1S/C23H28ClN5O3.ClH/c1-26-12-14-27(15-13-26)10-2-3-11-28-22(30)17-29(23(28)31)25-16-20-8-9-21(32-20)18-4-6-19(24)7-5-18;/h4-9,16H,2-3,10-15,17H2,1H3;1H/b25-16+;. The van der Waals surface area contributed by atoms with E-state index in [2.05, 4.69) is 21.9 Å². The zero-order chi connectivity index (χ0) is 22.5. The SMILES string of the molecule is CN1CCN(CCCCN2C(=O)CN(/N=C/c3ccc(-c4ccc(Cl)cc4)o3)C2=O)CC1.Cl. The van der Waals surface area contributed by atoms with E-state index >= 15 is 0 Å². The first-order valence-corrected chi connectivity index (χ1v) is 11.3. The van der Waals surface area contributed by atoms with Crippen LogP contribution in [0.4, 0.5) is 4.79 Å². The average Bonchev–Trinajstić information content (AvgIpc) is 3.36. The number of imide groups is 1. The van der Waals surface area contributed by atoms with Crippen molar-refractivity contribution in [2.75, 3.05) is 52.9 Å². The van der Waals surface area contributed by atoms with Gasteiger partial charge in [0.25, 0.3) is 5.91 Å². The largest absolute Gasteiger partial charge is 0.455 e. The molecule has 0 aliphatic carbocycles. The number of rotatable bonds is 8. The maximum Gasteiger partial charge on any atom is 0.347 e. The first kappa shape index (κ1) is 25.2. The van der Waals surface area contributed by atoms with Crippen molar-refractivity contribution in [3.63, 3.8) is 0 Å². The number of hydrogen-bond acceptors (Lipinski definition) is 6. The van der Waals surface area contributed by atoms with Crippen molar-refractivity contribution in [3.05, 3.63) is 47.2 Å². The zero-order valence-corrected chi connectivity index (χ0v) is 20.2. The molecular weight excluding hydrogens is 465 g/mol. The van der Waals surface area contributed by atoms with Crippen LogP contribution in [0.15, 0.2) is 45.9 Å². The summed E-state index contributed by atoms with van der Waals surface area (Å²) in [5, 5.41) is 6.02. The summed E-state index contributed by atoms with van der Waals surface area (Å²) in [5.41, 5.74) is 0.893. The number of halogens is 2. The molecule has 4 rings (SSSR count). The van der Waals surface area contributed by atoms with Crippen molar-refractivity contribution >= 4 is 42.2 Å². The number of carbonyl (C=O) groups is 2. The van der Waals surface area contributed by atoms with E-state index in [1.807, 2.05) is 18.2 Å². The molecule has 0 N–H and O–H groups in total. The lowest BCUT2D eigenvalue weighted by Crippen LogP contribution is -2.44. The van der Waals surface area contributed by atoms with Crippen LogP contribution in [0.3, 0.4) is 0 Å². The molecule has 2 aliphatic rings. The number of hydrazone groups is 1. The van der Waals surface area contributed by atoms with Gasteiger partial charge in [0.15, 0.2) is 0 Å². The third-order valence-electron chi connectivity index (χ3n) is 5.82. The van der Waals surface area contributed by atoms with Crippen molar-refractivity contribution in [1.82, 2.24) is 19.7 Å². The Morgan fingerprint density at radius 2 is 1.70 bits per heavy atom. The van der Waals surface area contributed by atoms with E-state index in [9.17, 15) is 9.59 Å². The van der Waals surface area contributed by atoms with Crippen molar-refractivity contribution in [1.29, 1.82) is 0 Å². The Morgan fingerprint density at radius 3 is 2.42 bits per heavy atom. The number of furan rings is 1. The Balaban J connectivity index is 0.00000306. The first-order valence-electron chi connectivity index (χ1n) is 10.9. The summed E-state index contributed by atoms with van der Waals surface area (Å²) in [6.07, 6.45) is 3.22. The van der Waals surface area contributed by atoms with Crippen LogP contribution in [0, 0.1) is 0 Å². The molecule has 0 atom stereocenters. The van der Waals surface area contributed by atoms with Crippen LogP contribution in [-0.2, 0) is 4.79 Å². The van der Waals surface area contributed by atoms with Gasteiger partial charge in [-0.1, -0.05) is 11.6 Å². The van der Waals surface area contributed by atoms with Crippen LogP contribution < -0.4 is 0 Å². The Bertz CT molecular complexity index is 971. The summed E-state index contributed by atoms with van der Waals surface area (Å²) < 4.78 is 5.77. The van der Waals surface area contributed by atoms with Gasteiger partial charge in [0.1, 0.15) is 18.1 Å². The van der Waals surface area contributed by atoms with Gasteiger partial charge in [-0.05, 0) is 62.8 Å². The predicted octanol–water partition coefficient (Wildman–Crippen LogP) is 3.65. The second-order valence-electron chi connectivity index (χ2n) is 8.19. The van der Waals surface area contributed by atoms with Gasteiger partial charge in [-0.25, -0.2) is 9.80 Å². The molecule has 0 saturated carbocycles. The van der Waals surface area contributed by atoms with Gasteiger partial charge in [0.2, 0.25) is 0 Å². The highest BCUT2D eigenvalue weighted by molar-refractivity contribution is 6.30. The topological polar surface area (TPSA) is 72.6 Å². The van der Waals surface area contributed by atoms with Crippen molar-refractivity contribution < 1.29 is 14.0 Å². The highest BCUT2D eigenvalue weighted by atomic mass is 35.5. The molecule has 0 unspecified atom stereocenters. The summed E-state index contributed by atoms with van der Waals surface area (Å²) >= 11 is 5.92. The number of hydrogen-bond donors (Lipinski definition) is 0. The van der Waals surface area contributed by atoms with Crippen molar-refractivity contribution in [2.45, 2.75) is 12.8 Å². The number of likely N-dealkylation sites (N-methyl/N-ethyl adjacent to an activating group) is 1. The highest BCUT2D eigenvalue weighted by Gasteiger charge is 2.35. The molecule has 8 nitrogen and oxygen atoms in total. The molecule has 2 saturated heterocycles. The minimum atomic E-state index is -0.379. The minimum absolute atomic E-state index is 0. The number of nitrogens with zero attached hydrogens (tertiary/aromatic N) is 5. The van der Waals surface area contributed by atoms with Crippen LogP contribution in [-0.4, -0.2) is 90.7 Å². The minimum Gasteiger partial charge on any atom is -0.455 e. The number of unbranched alkanes of at least 4 members (excludes halogenated alkanes) is 1. The predicted molar refractivity (Wildman–Crippen MR) is 131 cm³/mol. The Kier molecular flexibility index (Phi) is 8.91. The van der Waals surface area contributed by atoms with E-state index in [4.69, 9.17) is 16.0 Å². The Hall–Kier alpha value is -2.39. The lowest BCUT2D eigenvalue weighted by molar-refractivity contribution is -0.125. The van der Waals surface area contributed by atoms with Crippen molar-refractivity contribution in [2.24, 2.45) is 5.10 Å². The number of piperazine rings is 1. The van der Waals surface area contributed by atoms with Crippen LogP contribution in [0.1, 0.15) is 18.6 Å². The highest BCUT2D eigenvalue weighted by Crippen LogP contribution is 2.23. The molecule has 0 radical (unpaired) electrons. The van der Waals surface area contributed by atoms with Gasteiger partial charge in [-0.2, -0.15) is 5.10 Å². The third-order valence-corrected chi connectivity index (χ3v) is 6.07. The molecule has 10 heteroatoms. The molecule has 2 fully saturated rings. The first-order chi connectivity index (χ1) is 15.5. The summed E-state index contributed by atoms with van der Waals surface area (Å²) in [4.78, 5) is 30.9. The number of amides is 3.